The molecule has 1 heterocycles. The van der Waals surface area contributed by atoms with Crippen molar-refractivity contribution in [3.05, 3.63) is 54.1 Å². The third-order valence-corrected chi connectivity index (χ3v) is 4.68. The lowest BCUT2D eigenvalue weighted by Crippen LogP contribution is -2.52. The number of hydrogen-bond donors (Lipinski definition) is 0. The lowest BCUT2D eigenvalue weighted by molar-refractivity contribution is -0.138. The summed E-state index contributed by atoms with van der Waals surface area (Å²) in [6, 6.07) is 15.8. The van der Waals surface area contributed by atoms with Crippen molar-refractivity contribution >= 4 is 11.6 Å². The molecule has 3 rings (SSSR count). The Bertz CT molecular complexity index is 737. The van der Waals surface area contributed by atoms with Gasteiger partial charge in [-0.2, -0.15) is 0 Å². The first-order chi connectivity index (χ1) is 12.6. The molecule has 0 aliphatic carbocycles. The van der Waals surface area contributed by atoms with Crippen LogP contribution in [0.15, 0.2) is 48.5 Å². The molecule has 1 amide bonds. The Hall–Kier alpha value is -2.69. The van der Waals surface area contributed by atoms with Gasteiger partial charge in [0.25, 0.3) is 5.91 Å². The van der Waals surface area contributed by atoms with Crippen LogP contribution in [-0.4, -0.2) is 50.2 Å². The van der Waals surface area contributed by atoms with Gasteiger partial charge in [-0.15, -0.1) is 0 Å². The molecule has 0 radical (unpaired) electrons. The van der Waals surface area contributed by atoms with Crippen LogP contribution in [0.5, 0.6) is 11.5 Å². The summed E-state index contributed by atoms with van der Waals surface area (Å²) in [6.45, 7) is 6.86. The van der Waals surface area contributed by atoms with Crippen LogP contribution in [0.4, 0.5) is 5.69 Å². The average molecular weight is 354 g/mol. The first kappa shape index (κ1) is 18.1. The molecule has 1 aliphatic rings. The Balaban J connectivity index is 1.54. The number of carbonyl (C=O) groups excluding carboxylic acids is 1. The van der Waals surface area contributed by atoms with E-state index in [-0.39, 0.29) is 5.91 Å². The number of ether oxygens (including phenoxy) is 2. The third kappa shape index (κ3) is 4.28. The fourth-order valence-electron chi connectivity index (χ4n) is 3.18. The monoisotopic (exact) mass is 354 g/mol. The first-order valence-corrected chi connectivity index (χ1v) is 8.98. The van der Waals surface area contributed by atoms with Crippen molar-refractivity contribution in [3.8, 4) is 11.5 Å². The Morgan fingerprint density at radius 1 is 1.00 bits per heavy atom. The maximum absolute atomic E-state index is 12.7. The molecular formula is C21H26N2O3. The minimum absolute atomic E-state index is 0.0425. The maximum atomic E-state index is 12.7. The smallest absolute Gasteiger partial charge is 0.263 e. The molecule has 1 fully saturated rings. The number of methoxy groups -OCH3 is 1. The van der Waals surface area contributed by atoms with E-state index in [4.69, 9.17) is 9.47 Å². The molecule has 0 spiro atoms. The third-order valence-electron chi connectivity index (χ3n) is 4.68. The van der Waals surface area contributed by atoms with E-state index in [1.165, 1.54) is 0 Å². The van der Waals surface area contributed by atoms with E-state index in [1.54, 1.807) is 7.11 Å². The summed E-state index contributed by atoms with van der Waals surface area (Å²) in [4.78, 5) is 16.9. The van der Waals surface area contributed by atoms with Crippen LogP contribution in [-0.2, 0) is 4.79 Å². The van der Waals surface area contributed by atoms with Gasteiger partial charge in [-0.3, -0.25) is 4.79 Å². The zero-order valence-electron chi connectivity index (χ0n) is 15.6. The average Bonchev–Trinajstić information content (AvgIpc) is 2.67. The van der Waals surface area contributed by atoms with Gasteiger partial charge < -0.3 is 19.3 Å². The van der Waals surface area contributed by atoms with Crippen LogP contribution in [0.3, 0.4) is 0 Å². The van der Waals surface area contributed by atoms with Crippen molar-refractivity contribution in [2.75, 3.05) is 38.2 Å². The van der Waals surface area contributed by atoms with E-state index in [0.717, 1.165) is 35.8 Å². The van der Waals surface area contributed by atoms with Crippen molar-refractivity contribution in [3.63, 3.8) is 0 Å². The molecule has 2 aromatic rings. The number of rotatable bonds is 5. The van der Waals surface area contributed by atoms with Crippen molar-refractivity contribution in [1.82, 2.24) is 4.90 Å². The summed E-state index contributed by atoms with van der Waals surface area (Å²) in [5, 5.41) is 0. The number of aryl methyl sites for hydroxylation is 1. The molecule has 0 N–H and O–H groups in total. The van der Waals surface area contributed by atoms with Crippen LogP contribution in [0, 0.1) is 6.92 Å². The van der Waals surface area contributed by atoms with Gasteiger partial charge in [0.05, 0.1) is 7.11 Å². The van der Waals surface area contributed by atoms with Gasteiger partial charge in [-0.1, -0.05) is 12.1 Å². The summed E-state index contributed by atoms with van der Waals surface area (Å²) >= 11 is 0. The highest BCUT2D eigenvalue weighted by molar-refractivity contribution is 5.81. The predicted molar refractivity (Wildman–Crippen MR) is 103 cm³/mol. The second-order valence-electron chi connectivity index (χ2n) is 6.59. The molecule has 5 nitrogen and oxygen atoms in total. The lowest BCUT2D eigenvalue weighted by Gasteiger charge is -2.37. The highest BCUT2D eigenvalue weighted by atomic mass is 16.5. The highest BCUT2D eigenvalue weighted by Crippen LogP contribution is 2.21. The topological polar surface area (TPSA) is 42.0 Å². The maximum Gasteiger partial charge on any atom is 0.263 e. The van der Waals surface area contributed by atoms with Crippen LogP contribution in [0.2, 0.25) is 0 Å². The molecule has 5 heteroatoms. The van der Waals surface area contributed by atoms with Crippen molar-refractivity contribution in [1.29, 1.82) is 0 Å². The molecule has 0 saturated carbocycles. The van der Waals surface area contributed by atoms with E-state index in [1.807, 2.05) is 55.1 Å². The van der Waals surface area contributed by atoms with E-state index >= 15 is 0 Å². The van der Waals surface area contributed by atoms with E-state index in [0.29, 0.717) is 13.1 Å². The number of amides is 1. The number of benzene rings is 2. The summed E-state index contributed by atoms with van der Waals surface area (Å²) in [5.74, 6) is 1.63. The second-order valence-corrected chi connectivity index (χ2v) is 6.59. The molecule has 1 saturated heterocycles. The minimum atomic E-state index is -0.482. The van der Waals surface area contributed by atoms with Gasteiger partial charge in [-0.05, 0) is 55.8 Å². The molecular weight excluding hydrogens is 328 g/mol. The normalized spacial score (nSPS) is 15.5. The highest BCUT2D eigenvalue weighted by Gasteiger charge is 2.26. The lowest BCUT2D eigenvalue weighted by atomic mass is 10.2. The number of anilines is 1. The summed E-state index contributed by atoms with van der Waals surface area (Å²) < 4.78 is 11.0. The van der Waals surface area contributed by atoms with Crippen LogP contribution in [0.1, 0.15) is 12.5 Å². The molecule has 138 valence electrons. The summed E-state index contributed by atoms with van der Waals surface area (Å²) in [7, 11) is 1.67. The zero-order chi connectivity index (χ0) is 18.5. The molecule has 26 heavy (non-hydrogen) atoms. The van der Waals surface area contributed by atoms with Crippen molar-refractivity contribution < 1.29 is 14.3 Å². The van der Waals surface area contributed by atoms with Gasteiger partial charge >= 0.3 is 0 Å². The van der Waals surface area contributed by atoms with Gasteiger partial charge in [0.2, 0.25) is 0 Å². The van der Waals surface area contributed by atoms with Gasteiger partial charge in [0, 0.05) is 31.9 Å². The molecule has 1 atom stereocenters. The van der Waals surface area contributed by atoms with Crippen LogP contribution < -0.4 is 14.4 Å². The minimum Gasteiger partial charge on any atom is -0.497 e. The predicted octanol–water partition coefficient (Wildman–Crippen LogP) is 3.12. The quantitative estimate of drug-likeness (QED) is 0.827. The molecule has 1 aliphatic heterocycles. The largest absolute Gasteiger partial charge is 0.497 e. The van der Waals surface area contributed by atoms with Crippen LogP contribution in [0.25, 0.3) is 0 Å². The van der Waals surface area contributed by atoms with Crippen LogP contribution >= 0.6 is 0 Å². The molecule has 1 unspecified atom stereocenters. The zero-order valence-corrected chi connectivity index (χ0v) is 15.6. The molecule has 2 aromatic carbocycles. The van der Waals surface area contributed by atoms with Gasteiger partial charge in [0.1, 0.15) is 11.5 Å². The summed E-state index contributed by atoms with van der Waals surface area (Å²) in [6.07, 6.45) is -0.482. The number of hydrogen-bond acceptors (Lipinski definition) is 4. The fraction of sp³-hybridized carbons (Fsp3) is 0.381. The molecule has 0 aromatic heterocycles. The Morgan fingerprint density at radius 3 is 2.31 bits per heavy atom. The van der Waals surface area contributed by atoms with Gasteiger partial charge in [-0.25, -0.2) is 0 Å². The first-order valence-electron chi connectivity index (χ1n) is 8.98. The number of carbonyl (C=O) groups is 1. The summed E-state index contributed by atoms with van der Waals surface area (Å²) in [5.41, 5.74) is 2.28. The Kier molecular flexibility index (Phi) is 5.66. The SMILES string of the molecule is COc1ccc(N2CCN(C(=O)C(C)Oc3cccc(C)c3)CC2)cc1. The number of nitrogens with zero attached hydrogens (tertiary/aromatic N) is 2. The van der Waals surface area contributed by atoms with Crippen molar-refractivity contribution in [2.24, 2.45) is 0 Å². The van der Waals surface area contributed by atoms with Crippen molar-refractivity contribution in [2.45, 2.75) is 20.0 Å². The number of piperazine rings is 1. The van der Waals surface area contributed by atoms with Gasteiger partial charge in [0.15, 0.2) is 6.10 Å². The molecule has 0 bridgehead atoms. The Labute approximate surface area is 155 Å². The van der Waals surface area contributed by atoms with E-state index < -0.39 is 6.10 Å². The van der Waals surface area contributed by atoms with E-state index in [9.17, 15) is 4.79 Å². The second kappa shape index (κ2) is 8.13. The standard InChI is InChI=1S/C21H26N2O3/c1-16-5-4-6-20(15-16)26-17(2)21(24)23-13-11-22(12-14-23)18-7-9-19(25-3)10-8-18/h4-10,15,17H,11-14H2,1-3H3. The van der Waals surface area contributed by atoms with E-state index in [2.05, 4.69) is 17.0 Å². The fourth-order valence-corrected chi connectivity index (χ4v) is 3.18. The Morgan fingerprint density at radius 2 is 1.69 bits per heavy atom.